The van der Waals surface area contributed by atoms with Gasteiger partial charge in [0.1, 0.15) is 0 Å². The second-order valence-corrected chi connectivity index (χ2v) is 4.94. The van der Waals surface area contributed by atoms with Crippen LogP contribution in [0.15, 0.2) is 24.3 Å². The molecule has 0 aromatic heterocycles. The van der Waals surface area contributed by atoms with Gasteiger partial charge in [0, 0.05) is 12.5 Å². The van der Waals surface area contributed by atoms with E-state index in [2.05, 4.69) is 29.6 Å². The molecule has 1 atom stereocenters. The summed E-state index contributed by atoms with van der Waals surface area (Å²) in [7, 11) is 0. The lowest BCUT2D eigenvalue weighted by molar-refractivity contribution is -0.127. The summed E-state index contributed by atoms with van der Waals surface area (Å²) < 4.78 is 0. The van der Waals surface area contributed by atoms with E-state index < -0.39 is 0 Å². The molecule has 1 aromatic carbocycles. The Morgan fingerprint density at radius 3 is 2.62 bits per heavy atom. The first kappa shape index (κ1) is 10.0. The van der Waals surface area contributed by atoms with Gasteiger partial charge in [0.2, 0.25) is 0 Å². The SMILES string of the molecule is O=C(C1CCC1)C1Cc2ccccc2CN1. The molecule has 2 nitrogen and oxygen atoms in total. The van der Waals surface area contributed by atoms with Crippen LogP contribution in [0, 0.1) is 5.92 Å². The predicted octanol–water partition coefficient (Wildman–Crippen LogP) is 2.07. The van der Waals surface area contributed by atoms with E-state index in [4.69, 9.17) is 0 Å². The molecule has 1 heterocycles. The standard InChI is InChI=1S/C14H17NO/c16-14(10-6-3-7-10)13-8-11-4-1-2-5-12(11)9-15-13/h1-2,4-5,10,13,15H,3,6-9H2. The zero-order valence-corrected chi connectivity index (χ0v) is 9.41. The molecule has 2 heteroatoms. The molecule has 1 aromatic rings. The fourth-order valence-corrected chi connectivity index (χ4v) is 2.63. The van der Waals surface area contributed by atoms with E-state index in [1.54, 1.807) is 0 Å². The molecule has 1 aliphatic heterocycles. The molecule has 0 amide bonds. The maximum Gasteiger partial charge on any atom is 0.153 e. The van der Waals surface area contributed by atoms with Crippen molar-refractivity contribution in [2.75, 3.05) is 0 Å². The topological polar surface area (TPSA) is 29.1 Å². The molecule has 1 aliphatic carbocycles. The van der Waals surface area contributed by atoms with Crippen LogP contribution in [-0.2, 0) is 17.8 Å². The van der Waals surface area contributed by atoms with Crippen LogP contribution >= 0.6 is 0 Å². The summed E-state index contributed by atoms with van der Waals surface area (Å²) in [5, 5.41) is 3.37. The number of hydrogen-bond donors (Lipinski definition) is 1. The van der Waals surface area contributed by atoms with Gasteiger partial charge >= 0.3 is 0 Å². The van der Waals surface area contributed by atoms with E-state index in [1.165, 1.54) is 17.5 Å². The molecule has 16 heavy (non-hydrogen) atoms. The van der Waals surface area contributed by atoms with Crippen molar-refractivity contribution < 1.29 is 4.79 Å². The minimum absolute atomic E-state index is 0.0696. The highest BCUT2D eigenvalue weighted by atomic mass is 16.1. The highest BCUT2D eigenvalue weighted by molar-refractivity contribution is 5.87. The van der Waals surface area contributed by atoms with Gasteiger partial charge in [-0.05, 0) is 30.4 Å². The minimum atomic E-state index is 0.0696. The second kappa shape index (κ2) is 4.02. The Morgan fingerprint density at radius 2 is 1.94 bits per heavy atom. The fraction of sp³-hybridized carbons (Fsp3) is 0.500. The minimum Gasteiger partial charge on any atom is -0.303 e. The summed E-state index contributed by atoms with van der Waals surface area (Å²) in [6.45, 7) is 0.847. The first-order valence-corrected chi connectivity index (χ1v) is 6.18. The number of hydrogen-bond acceptors (Lipinski definition) is 2. The monoisotopic (exact) mass is 215 g/mol. The van der Waals surface area contributed by atoms with E-state index in [0.29, 0.717) is 11.7 Å². The van der Waals surface area contributed by atoms with Crippen LogP contribution in [0.1, 0.15) is 30.4 Å². The molecule has 1 unspecified atom stereocenters. The van der Waals surface area contributed by atoms with Crippen molar-refractivity contribution in [1.29, 1.82) is 0 Å². The van der Waals surface area contributed by atoms with Crippen molar-refractivity contribution in [2.45, 2.75) is 38.3 Å². The molecule has 0 saturated heterocycles. The molecular formula is C14H17NO. The van der Waals surface area contributed by atoms with Gasteiger partial charge in [0.25, 0.3) is 0 Å². The summed E-state index contributed by atoms with van der Waals surface area (Å²) in [6.07, 6.45) is 4.34. The Kier molecular flexibility index (Phi) is 2.52. The van der Waals surface area contributed by atoms with Crippen molar-refractivity contribution in [2.24, 2.45) is 5.92 Å². The molecule has 1 N–H and O–H groups in total. The van der Waals surface area contributed by atoms with Crippen molar-refractivity contribution in [3.63, 3.8) is 0 Å². The lowest BCUT2D eigenvalue weighted by Crippen LogP contribution is -2.45. The molecule has 0 bridgehead atoms. The maximum atomic E-state index is 12.1. The van der Waals surface area contributed by atoms with Crippen molar-refractivity contribution in [3.05, 3.63) is 35.4 Å². The number of carbonyl (C=O) groups excluding carboxylic acids is 1. The Morgan fingerprint density at radius 1 is 1.19 bits per heavy atom. The van der Waals surface area contributed by atoms with Gasteiger partial charge in [-0.3, -0.25) is 4.79 Å². The van der Waals surface area contributed by atoms with Crippen LogP contribution < -0.4 is 5.32 Å². The Bertz CT molecular complexity index is 409. The average Bonchev–Trinajstić information content (AvgIpc) is 2.26. The molecule has 3 rings (SSSR count). The Hall–Kier alpha value is -1.15. The van der Waals surface area contributed by atoms with E-state index in [9.17, 15) is 4.79 Å². The van der Waals surface area contributed by atoms with Crippen LogP contribution in [0.5, 0.6) is 0 Å². The smallest absolute Gasteiger partial charge is 0.153 e. The third-order valence-corrected chi connectivity index (χ3v) is 3.93. The van der Waals surface area contributed by atoms with Gasteiger partial charge in [-0.2, -0.15) is 0 Å². The van der Waals surface area contributed by atoms with Crippen LogP contribution in [0.3, 0.4) is 0 Å². The first-order valence-electron chi connectivity index (χ1n) is 6.18. The zero-order chi connectivity index (χ0) is 11.0. The predicted molar refractivity (Wildman–Crippen MR) is 63.1 cm³/mol. The Labute approximate surface area is 96.1 Å². The number of ketones is 1. The number of rotatable bonds is 2. The summed E-state index contributed by atoms with van der Waals surface area (Å²) >= 11 is 0. The first-order chi connectivity index (χ1) is 7.84. The fourth-order valence-electron chi connectivity index (χ4n) is 2.63. The second-order valence-electron chi connectivity index (χ2n) is 4.94. The number of benzene rings is 1. The van der Waals surface area contributed by atoms with Crippen molar-refractivity contribution in [1.82, 2.24) is 5.32 Å². The Balaban J connectivity index is 1.74. The normalized spacial score (nSPS) is 24.6. The summed E-state index contributed by atoms with van der Waals surface area (Å²) in [5.41, 5.74) is 2.69. The largest absolute Gasteiger partial charge is 0.303 e. The maximum absolute atomic E-state index is 12.1. The van der Waals surface area contributed by atoms with Crippen LogP contribution in [0.4, 0.5) is 0 Å². The van der Waals surface area contributed by atoms with Gasteiger partial charge in [0.05, 0.1) is 6.04 Å². The molecule has 1 saturated carbocycles. The lowest BCUT2D eigenvalue weighted by Gasteiger charge is -2.31. The van der Waals surface area contributed by atoms with Crippen LogP contribution in [0.2, 0.25) is 0 Å². The quantitative estimate of drug-likeness (QED) is 0.818. The molecule has 0 radical (unpaired) electrons. The van der Waals surface area contributed by atoms with E-state index in [0.717, 1.165) is 25.8 Å². The van der Waals surface area contributed by atoms with Gasteiger partial charge in [-0.25, -0.2) is 0 Å². The van der Waals surface area contributed by atoms with Crippen LogP contribution in [-0.4, -0.2) is 11.8 Å². The number of nitrogens with one attached hydrogen (secondary N) is 1. The van der Waals surface area contributed by atoms with Crippen LogP contribution in [0.25, 0.3) is 0 Å². The molecule has 84 valence electrons. The number of carbonyl (C=O) groups is 1. The van der Waals surface area contributed by atoms with E-state index in [1.807, 2.05) is 0 Å². The molecule has 0 spiro atoms. The summed E-state index contributed by atoms with van der Waals surface area (Å²) in [5.74, 6) is 0.795. The van der Waals surface area contributed by atoms with Gasteiger partial charge in [-0.15, -0.1) is 0 Å². The number of Topliss-reactive ketones (excluding diaryl/α,β-unsaturated/α-hetero) is 1. The van der Waals surface area contributed by atoms with Gasteiger partial charge in [-0.1, -0.05) is 30.7 Å². The third kappa shape index (κ3) is 1.67. The molecule has 1 fully saturated rings. The highest BCUT2D eigenvalue weighted by Gasteiger charge is 2.32. The lowest BCUT2D eigenvalue weighted by atomic mass is 9.78. The van der Waals surface area contributed by atoms with Gasteiger partial charge in [0.15, 0.2) is 5.78 Å². The van der Waals surface area contributed by atoms with Gasteiger partial charge < -0.3 is 5.32 Å². The molecular weight excluding hydrogens is 198 g/mol. The average molecular weight is 215 g/mol. The van der Waals surface area contributed by atoms with E-state index in [-0.39, 0.29) is 6.04 Å². The van der Waals surface area contributed by atoms with E-state index >= 15 is 0 Å². The number of fused-ring (bicyclic) bond motifs is 1. The summed E-state index contributed by atoms with van der Waals surface area (Å²) in [6, 6.07) is 8.49. The third-order valence-electron chi connectivity index (χ3n) is 3.93. The zero-order valence-electron chi connectivity index (χ0n) is 9.41. The van der Waals surface area contributed by atoms with Crippen molar-refractivity contribution >= 4 is 5.78 Å². The summed E-state index contributed by atoms with van der Waals surface area (Å²) in [4.78, 5) is 12.1. The van der Waals surface area contributed by atoms with Crippen molar-refractivity contribution in [3.8, 4) is 0 Å². The molecule has 2 aliphatic rings. The highest BCUT2D eigenvalue weighted by Crippen LogP contribution is 2.29.